The van der Waals surface area contributed by atoms with E-state index in [0.717, 1.165) is 12.8 Å². The highest BCUT2D eigenvalue weighted by molar-refractivity contribution is 7.90. The standard InChI is InChI=1S/C13H18N2O5S/c1-2-3-8-14-13(18)15-21(19,20)11-6-4-10(5-7-11)9-12(16)17/h4-7H,2-3,8-9H2,1H3,(H,16,17)(H2,14,15,18). The van der Waals surface area contributed by atoms with Crippen molar-refractivity contribution >= 4 is 22.0 Å². The highest BCUT2D eigenvalue weighted by atomic mass is 32.2. The first-order valence-corrected chi connectivity index (χ1v) is 7.95. The number of unbranched alkanes of at least 4 members (excludes halogenated alkanes) is 1. The molecule has 0 fully saturated rings. The molecule has 0 aromatic heterocycles. The van der Waals surface area contributed by atoms with E-state index < -0.39 is 22.0 Å². The van der Waals surface area contributed by atoms with Gasteiger partial charge in [-0.05, 0) is 24.1 Å². The number of carboxylic acid groups (broad SMARTS) is 1. The largest absolute Gasteiger partial charge is 0.481 e. The van der Waals surface area contributed by atoms with Crippen molar-refractivity contribution in [2.45, 2.75) is 31.1 Å². The first kappa shape index (κ1) is 17.0. The molecule has 1 rings (SSSR count). The Labute approximate surface area is 123 Å². The third kappa shape index (κ3) is 5.82. The van der Waals surface area contributed by atoms with Crippen LogP contribution >= 0.6 is 0 Å². The monoisotopic (exact) mass is 314 g/mol. The van der Waals surface area contributed by atoms with Gasteiger partial charge in [-0.15, -0.1) is 0 Å². The summed E-state index contributed by atoms with van der Waals surface area (Å²) in [7, 11) is -3.95. The molecule has 0 spiro atoms. The lowest BCUT2D eigenvalue weighted by Crippen LogP contribution is -2.39. The van der Waals surface area contributed by atoms with Gasteiger partial charge in [0.25, 0.3) is 10.0 Å². The number of amides is 2. The zero-order valence-electron chi connectivity index (χ0n) is 11.6. The number of nitrogens with one attached hydrogen (secondary N) is 2. The molecule has 116 valence electrons. The number of aliphatic carboxylic acids is 1. The van der Waals surface area contributed by atoms with Crippen LogP contribution < -0.4 is 10.0 Å². The second kappa shape index (κ2) is 7.63. The van der Waals surface area contributed by atoms with Crippen LogP contribution in [0.2, 0.25) is 0 Å². The summed E-state index contributed by atoms with van der Waals surface area (Å²) in [6.07, 6.45) is 1.46. The molecule has 0 heterocycles. The summed E-state index contributed by atoms with van der Waals surface area (Å²) in [6, 6.07) is 4.55. The van der Waals surface area contributed by atoms with Crippen molar-refractivity contribution in [3.05, 3.63) is 29.8 Å². The highest BCUT2D eigenvalue weighted by Gasteiger charge is 2.17. The van der Waals surface area contributed by atoms with Crippen LogP contribution in [0.1, 0.15) is 25.3 Å². The molecular weight excluding hydrogens is 296 g/mol. The lowest BCUT2D eigenvalue weighted by Gasteiger charge is -2.08. The minimum Gasteiger partial charge on any atom is -0.481 e. The minimum atomic E-state index is -3.95. The van der Waals surface area contributed by atoms with Crippen molar-refractivity contribution < 1.29 is 23.1 Å². The van der Waals surface area contributed by atoms with Crippen LogP contribution in [0.5, 0.6) is 0 Å². The minimum absolute atomic E-state index is 0.0951. The molecule has 0 atom stereocenters. The van der Waals surface area contributed by atoms with E-state index in [0.29, 0.717) is 12.1 Å². The van der Waals surface area contributed by atoms with Gasteiger partial charge in [0.15, 0.2) is 0 Å². The number of hydrogen-bond acceptors (Lipinski definition) is 4. The molecule has 21 heavy (non-hydrogen) atoms. The molecule has 0 radical (unpaired) electrons. The first-order chi connectivity index (χ1) is 9.85. The molecule has 8 heteroatoms. The van der Waals surface area contributed by atoms with Gasteiger partial charge >= 0.3 is 12.0 Å². The van der Waals surface area contributed by atoms with Crippen molar-refractivity contribution in [1.82, 2.24) is 10.0 Å². The van der Waals surface area contributed by atoms with Crippen LogP contribution in [-0.4, -0.2) is 32.1 Å². The number of sulfonamides is 1. The van der Waals surface area contributed by atoms with Crippen molar-refractivity contribution in [3.8, 4) is 0 Å². The van der Waals surface area contributed by atoms with Crippen molar-refractivity contribution in [3.63, 3.8) is 0 Å². The van der Waals surface area contributed by atoms with Gasteiger partial charge in [-0.1, -0.05) is 25.5 Å². The summed E-state index contributed by atoms with van der Waals surface area (Å²) in [6.45, 7) is 2.35. The molecule has 0 bridgehead atoms. The second-order valence-corrected chi connectivity index (χ2v) is 6.11. The van der Waals surface area contributed by atoms with E-state index in [1.807, 2.05) is 11.6 Å². The van der Waals surface area contributed by atoms with Crippen LogP contribution in [0, 0.1) is 0 Å². The summed E-state index contributed by atoms with van der Waals surface area (Å²) in [5, 5.41) is 11.1. The van der Waals surface area contributed by atoms with Gasteiger partial charge in [-0.25, -0.2) is 17.9 Å². The van der Waals surface area contributed by atoms with Crippen LogP contribution in [0.25, 0.3) is 0 Å². The molecule has 0 aliphatic carbocycles. The van der Waals surface area contributed by atoms with Crippen molar-refractivity contribution in [1.29, 1.82) is 0 Å². The van der Waals surface area contributed by atoms with Crippen molar-refractivity contribution in [2.24, 2.45) is 0 Å². The van der Waals surface area contributed by atoms with E-state index in [9.17, 15) is 18.0 Å². The Bertz CT molecular complexity index is 595. The normalized spacial score (nSPS) is 10.9. The van der Waals surface area contributed by atoms with E-state index in [2.05, 4.69) is 5.32 Å². The fourth-order valence-corrected chi connectivity index (χ4v) is 2.49. The summed E-state index contributed by atoms with van der Waals surface area (Å²) in [5.74, 6) is -1.00. The number of rotatable bonds is 7. The maximum absolute atomic E-state index is 11.9. The van der Waals surface area contributed by atoms with E-state index in [1.54, 1.807) is 0 Å². The average molecular weight is 314 g/mol. The molecule has 3 N–H and O–H groups in total. The third-order valence-corrected chi connectivity index (χ3v) is 3.98. The van der Waals surface area contributed by atoms with Gasteiger partial charge in [0.1, 0.15) is 0 Å². The van der Waals surface area contributed by atoms with Crippen LogP contribution in [0.4, 0.5) is 4.79 Å². The average Bonchev–Trinajstić information content (AvgIpc) is 2.38. The quantitative estimate of drug-likeness (QED) is 0.652. The van der Waals surface area contributed by atoms with Gasteiger partial charge in [0, 0.05) is 6.54 Å². The zero-order chi connectivity index (χ0) is 15.9. The van der Waals surface area contributed by atoms with Crippen LogP contribution in [0.3, 0.4) is 0 Å². The number of urea groups is 1. The van der Waals surface area contributed by atoms with Gasteiger partial charge in [-0.3, -0.25) is 4.79 Å². The number of carboxylic acids is 1. The van der Waals surface area contributed by atoms with Crippen molar-refractivity contribution in [2.75, 3.05) is 6.54 Å². The summed E-state index contributed by atoms with van der Waals surface area (Å²) < 4.78 is 25.7. The number of hydrogen-bond donors (Lipinski definition) is 3. The number of carbonyl (C=O) groups excluding carboxylic acids is 1. The topological polar surface area (TPSA) is 113 Å². The SMILES string of the molecule is CCCCNC(=O)NS(=O)(=O)c1ccc(CC(=O)O)cc1. The lowest BCUT2D eigenvalue weighted by atomic mass is 10.2. The maximum Gasteiger partial charge on any atom is 0.328 e. The molecule has 0 saturated heterocycles. The zero-order valence-corrected chi connectivity index (χ0v) is 12.4. The van der Waals surface area contributed by atoms with E-state index in [1.165, 1.54) is 24.3 Å². The van der Waals surface area contributed by atoms with E-state index in [-0.39, 0.29) is 11.3 Å². The third-order valence-electron chi connectivity index (χ3n) is 2.63. The number of benzene rings is 1. The van der Waals surface area contributed by atoms with E-state index in [4.69, 9.17) is 5.11 Å². The van der Waals surface area contributed by atoms with Crippen LogP contribution in [-0.2, 0) is 21.2 Å². The van der Waals surface area contributed by atoms with Gasteiger partial charge in [0.05, 0.1) is 11.3 Å². The molecule has 2 amide bonds. The Balaban J connectivity index is 2.69. The lowest BCUT2D eigenvalue weighted by molar-refractivity contribution is -0.136. The Hall–Kier alpha value is -2.09. The van der Waals surface area contributed by atoms with Gasteiger partial charge < -0.3 is 10.4 Å². The number of carbonyl (C=O) groups is 2. The maximum atomic E-state index is 11.9. The molecule has 7 nitrogen and oxygen atoms in total. The smallest absolute Gasteiger partial charge is 0.328 e. The van der Waals surface area contributed by atoms with Crippen LogP contribution in [0.15, 0.2) is 29.2 Å². The predicted octanol–water partition coefficient (Wildman–Crippen LogP) is 1.10. The molecular formula is C13H18N2O5S. The molecule has 0 aliphatic rings. The Kier molecular flexibility index (Phi) is 6.16. The summed E-state index contributed by atoms with van der Waals surface area (Å²) >= 11 is 0. The predicted molar refractivity (Wildman–Crippen MR) is 76.4 cm³/mol. The fourth-order valence-electron chi connectivity index (χ4n) is 1.56. The molecule has 0 aliphatic heterocycles. The first-order valence-electron chi connectivity index (χ1n) is 6.46. The Morgan fingerprint density at radius 1 is 1.19 bits per heavy atom. The summed E-state index contributed by atoms with van der Waals surface area (Å²) in [4.78, 5) is 21.9. The Morgan fingerprint density at radius 2 is 1.81 bits per heavy atom. The molecule has 0 saturated carbocycles. The summed E-state index contributed by atoms with van der Waals surface area (Å²) in [5.41, 5.74) is 0.480. The molecule has 1 aromatic carbocycles. The second-order valence-electron chi connectivity index (χ2n) is 4.43. The molecule has 0 unspecified atom stereocenters. The molecule has 1 aromatic rings. The van der Waals surface area contributed by atoms with Gasteiger partial charge in [0.2, 0.25) is 0 Å². The van der Waals surface area contributed by atoms with E-state index >= 15 is 0 Å². The Morgan fingerprint density at radius 3 is 2.33 bits per heavy atom. The van der Waals surface area contributed by atoms with Gasteiger partial charge in [-0.2, -0.15) is 0 Å². The fraction of sp³-hybridized carbons (Fsp3) is 0.385. The highest BCUT2D eigenvalue weighted by Crippen LogP contribution is 2.11.